The Bertz CT molecular complexity index is 624. The fourth-order valence-electron chi connectivity index (χ4n) is 1.44. The Labute approximate surface area is 122 Å². The number of thiocarbonyl (C=S) groups is 1. The van der Waals surface area contributed by atoms with Crippen LogP contribution in [0.4, 0.5) is 0 Å². The predicted molar refractivity (Wildman–Crippen MR) is 76.5 cm³/mol. The van der Waals surface area contributed by atoms with Gasteiger partial charge in [0.2, 0.25) is 15.9 Å². The number of nitrogens with two attached hydrogens (primary N) is 1. The number of pyridine rings is 1. The minimum Gasteiger partial charge on any atom is -0.388 e. The molecule has 9 heteroatoms. The molecule has 0 bridgehead atoms. The van der Waals surface area contributed by atoms with E-state index in [0.29, 0.717) is 5.69 Å². The molecule has 0 unspecified atom stereocenters. The van der Waals surface area contributed by atoms with E-state index in [2.05, 4.69) is 15.0 Å². The van der Waals surface area contributed by atoms with Gasteiger partial charge in [0.1, 0.15) is 9.88 Å². The van der Waals surface area contributed by atoms with Crippen LogP contribution in [0.25, 0.3) is 0 Å². The summed E-state index contributed by atoms with van der Waals surface area (Å²) in [6.07, 6.45) is 3.04. The summed E-state index contributed by atoms with van der Waals surface area (Å²) in [5.74, 6) is -0.344. The molecule has 0 spiro atoms. The van der Waals surface area contributed by atoms with Gasteiger partial charge < -0.3 is 11.1 Å². The van der Waals surface area contributed by atoms with E-state index in [1.807, 2.05) is 0 Å². The van der Waals surface area contributed by atoms with Gasteiger partial charge in [-0.15, -0.1) is 0 Å². The third-order valence-corrected chi connectivity index (χ3v) is 4.26. The lowest BCUT2D eigenvalue weighted by Crippen LogP contribution is -2.37. The lowest BCUT2D eigenvalue weighted by atomic mass is 10.3. The lowest BCUT2D eigenvalue weighted by Gasteiger charge is -2.07. The number of hydrogen-bond acceptors (Lipinski definition) is 5. The first-order chi connectivity index (χ1) is 9.38. The highest BCUT2D eigenvalue weighted by atomic mass is 32.2. The quantitative estimate of drug-likeness (QED) is 0.597. The van der Waals surface area contributed by atoms with Crippen molar-refractivity contribution in [3.63, 3.8) is 0 Å². The molecule has 7 nitrogen and oxygen atoms in total. The Morgan fingerprint density at radius 1 is 1.45 bits per heavy atom. The van der Waals surface area contributed by atoms with Crippen LogP contribution in [0, 0.1) is 0 Å². The molecule has 20 heavy (non-hydrogen) atoms. The molecular weight excluding hydrogens is 300 g/mol. The van der Waals surface area contributed by atoms with E-state index >= 15 is 0 Å². The minimum atomic E-state index is -3.77. The number of rotatable bonds is 6. The fraction of sp³-hybridized carbons (Fsp3) is 0.364. The molecule has 2 rings (SSSR count). The van der Waals surface area contributed by atoms with Crippen molar-refractivity contribution in [1.82, 2.24) is 15.0 Å². The zero-order chi connectivity index (χ0) is 14.8. The van der Waals surface area contributed by atoms with Gasteiger partial charge in [-0.25, -0.2) is 13.1 Å². The number of nitrogens with zero attached hydrogens (tertiary/aromatic N) is 1. The summed E-state index contributed by atoms with van der Waals surface area (Å²) in [5, 5.41) is 2.69. The summed E-state index contributed by atoms with van der Waals surface area (Å²) >= 11 is 4.73. The fourth-order valence-corrected chi connectivity index (χ4v) is 2.48. The van der Waals surface area contributed by atoms with Gasteiger partial charge in [-0.05, 0) is 25.0 Å². The second-order valence-corrected chi connectivity index (χ2v) is 6.62. The van der Waals surface area contributed by atoms with Crippen molar-refractivity contribution in [3.05, 3.63) is 24.0 Å². The molecule has 1 fully saturated rings. The van der Waals surface area contributed by atoms with Gasteiger partial charge in [-0.1, -0.05) is 12.2 Å². The maximum Gasteiger partial charge on any atom is 0.242 e. The first-order valence-corrected chi connectivity index (χ1v) is 7.82. The maximum atomic E-state index is 11.9. The Hall–Kier alpha value is -1.58. The van der Waals surface area contributed by atoms with E-state index in [-0.39, 0.29) is 28.4 Å². The van der Waals surface area contributed by atoms with E-state index in [0.717, 1.165) is 19.0 Å². The van der Waals surface area contributed by atoms with Crippen molar-refractivity contribution in [2.45, 2.75) is 23.8 Å². The number of amides is 1. The molecule has 0 aromatic carbocycles. The number of nitrogens with one attached hydrogen (secondary N) is 2. The van der Waals surface area contributed by atoms with Crippen LogP contribution in [0.15, 0.2) is 23.2 Å². The molecule has 1 aromatic rings. The highest BCUT2D eigenvalue weighted by molar-refractivity contribution is 7.89. The first-order valence-electron chi connectivity index (χ1n) is 5.93. The molecule has 1 heterocycles. The third kappa shape index (κ3) is 3.95. The van der Waals surface area contributed by atoms with Gasteiger partial charge in [0.15, 0.2) is 0 Å². The van der Waals surface area contributed by atoms with Gasteiger partial charge in [0, 0.05) is 12.2 Å². The van der Waals surface area contributed by atoms with E-state index in [1.54, 1.807) is 0 Å². The molecule has 108 valence electrons. The molecule has 0 aliphatic heterocycles. The summed E-state index contributed by atoms with van der Waals surface area (Å²) in [4.78, 5) is 15.3. The molecule has 0 atom stereocenters. The Balaban J connectivity index is 1.98. The highest BCUT2D eigenvalue weighted by Crippen LogP contribution is 2.18. The Kier molecular flexibility index (Phi) is 4.31. The lowest BCUT2D eigenvalue weighted by molar-refractivity contribution is -0.120. The Morgan fingerprint density at radius 3 is 2.65 bits per heavy atom. The summed E-state index contributed by atoms with van der Waals surface area (Å²) in [6.45, 7) is -0.296. The van der Waals surface area contributed by atoms with E-state index < -0.39 is 10.0 Å². The SMILES string of the molecule is NC(=S)c1ccc(S(=O)(=O)NCC(=O)NC2CC2)cn1. The molecule has 1 saturated carbocycles. The minimum absolute atomic E-state index is 0.0447. The molecule has 1 aromatic heterocycles. The first kappa shape index (κ1) is 14.8. The molecule has 0 saturated heterocycles. The zero-order valence-electron chi connectivity index (χ0n) is 10.5. The van der Waals surface area contributed by atoms with Gasteiger partial charge >= 0.3 is 0 Å². The van der Waals surface area contributed by atoms with Gasteiger partial charge in [-0.3, -0.25) is 9.78 Å². The summed E-state index contributed by atoms with van der Waals surface area (Å²) < 4.78 is 26.1. The monoisotopic (exact) mass is 314 g/mol. The van der Waals surface area contributed by atoms with Crippen LogP contribution in [0.3, 0.4) is 0 Å². The summed E-state index contributed by atoms with van der Waals surface area (Å²) in [5.41, 5.74) is 5.71. The molecule has 1 amide bonds. The second-order valence-electron chi connectivity index (χ2n) is 4.41. The van der Waals surface area contributed by atoms with Crippen molar-refractivity contribution < 1.29 is 13.2 Å². The van der Waals surface area contributed by atoms with Crippen molar-refractivity contribution >= 4 is 33.1 Å². The van der Waals surface area contributed by atoms with Crippen LogP contribution in [0.1, 0.15) is 18.5 Å². The van der Waals surface area contributed by atoms with Crippen LogP contribution in [0.2, 0.25) is 0 Å². The van der Waals surface area contributed by atoms with E-state index in [9.17, 15) is 13.2 Å². The smallest absolute Gasteiger partial charge is 0.242 e. The zero-order valence-corrected chi connectivity index (χ0v) is 12.1. The largest absolute Gasteiger partial charge is 0.388 e. The highest BCUT2D eigenvalue weighted by Gasteiger charge is 2.24. The van der Waals surface area contributed by atoms with Crippen LogP contribution in [-0.4, -0.2) is 36.9 Å². The average Bonchev–Trinajstić information content (AvgIpc) is 3.20. The normalized spacial score (nSPS) is 14.8. The number of sulfonamides is 1. The van der Waals surface area contributed by atoms with Crippen molar-refractivity contribution in [2.24, 2.45) is 5.73 Å². The Morgan fingerprint density at radius 2 is 2.15 bits per heavy atom. The van der Waals surface area contributed by atoms with Crippen LogP contribution in [-0.2, 0) is 14.8 Å². The topological polar surface area (TPSA) is 114 Å². The molecular formula is C11H14N4O3S2. The van der Waals surface area contributed by atoms with Crippen LogP contribution in [0.5, 0.6) is 0 Å². The van der Waals surface area contributed by atoms with Gasteiger partial charge in [0.25, 0.3) is 0 Å². The summed E-state index contributed by atoms with van der Waals surface area (Å²) in [7, 11) is -3.77. The standard InChI is InChI=1S/C11H14N4O3S2/c12-11(19)9-4-3-8(5-13-9)20(17,18)14-6-10(16)15-7-1-2-7/h3-5,7,14H,1-2,6H2,(H2,12,19)(H,15,16). The number of hydrogen-bond donors (Lipinski definition) is 3. The van der Waals surface area contributed by atoms with Crippen LogP contribution >= 0.6 is 12.2 Å². The predicted octanol–water partition coefficient (Wildman–Crippen LogP) is -0.727. The van der Waals surface area contributed by atoms with Crippen molar-refractivity contribution in [2.75, 3.05) is 6.54 Å². The third-order valence-electron chi connectivity index (χ3n) is 2.66. The van der Waals surface area contributed by atoms with Crippen LogP contribution < -0.4 is 15.8 Å². The van der Waals surface area contributed by atoms with Gasteiger partial charge in [-0.2, -0.15) is 0 Å². The molecule has 4 N–H and O–H groups in total. The van der Waals surface area contributed by atoms with Crippen molar-refractivity contribution in [1.29, 1.82) is 0 Å². The molecule has 0 radical (unpaired) electrons. The van der Waals surface area contributed by atoms with E-state index in [4.69, 9.17) is 18.0 Å². The number of carbonyl (C=O) groups excluding carboxylic acids is 1. The number of carbonyl (C=O) groups is 1. The average molecular weight is 314 g/mol. The number of aromatic nitrogens is 1. The van der Waals surface area contributed by atoms with Gasteiger partial charge in [0.05, 0.1) is 12.2 Å². The van der Waals surface area contributed by atoms with Crippen molar-refractivity contribution in [3.8, 4) is 0 Å². The van der Waals surface area contributed by atoms with E-state index in [1.165, 1.54) is 12.1 Å². The maximum absolute atomic E-state index is 11.9. The second kappa shape index (κ2) is 5.81. The molecule has 1 aliphatic rings. The molecule has 1 aliphatic carbocycles. The summed E-state index contributed by atoms with van der Waals surface area (Å²) in [6, 6.07) is 2.95.